The summed E-state index contributed by atoms with van der Waals surface area (Å²) in [4.78, 5) is 12.6. The van der Waals surface area contributed by atoms with Crippen molar-refractivity contribution in [2.24, 2.45) is 0 Å². The first-order valence-corrected chi connectivity index (χ1v) is 6.20. The molecule has 1 aliphatic heterocycles. The molecule has 0 amide bonds. The zero-order chi connectivity index (χ0) is 13.9. The van der Waals surface area contributed by atoms with Crippen molar-refractivity contribution in [2.45, 2.75) is 19.4 Å². The van der Waals surface area contributed by atoms with Crippen LogP contribution in [-0.2, 0) is 0 Å². The molecule has 0 saturated carbocycles. The smallest absolute Gasteiger partial charge is 0.158 e. The van der Waals surface area contributed by atoms with Crippen molar-refractivity contribution in [3.05, 3.63) is 18.1 Å². The third-order valence-corrected chi connectivity index (χ3v) is 3.42. The normalized spacial score (nSPS) is 16.7. The van der Waals surface area contributed by atoms with Gasteiger partial charge < -0.3 is 4.90 Å². The molecule has 0 spiro atoms. The standard InChI is InChI=1S/C13H16N6/c1-13(2,10-15)19-5-3-18(4-6-19)12-9-16-11(7-14)8-17-12/h8-9H,3-6H2,1-2H3. The lowest BCUT2D eigenvalue weighted by molar-refractivity contribution is 0.157. The molecule has 1 aromatic heterocycles. The van der Waals surface area contributed by atoms with E-state index in [4.69, 9.17) is 10.5 Å². The third-order valence-electron chi connectivity index (χ3n) is 3.42. The molecule has 1 saturated heterocycles. The number of piperazine rings is 1. The van der Waals surface area contributed by atoms with Crippen LogP contribution >= 0.6 is 0 Å². The van der Waals surface area contributed by atoms with Crippen LogP contribution in [0.4, 0.5) is 5.82 Å². The van der Waals surface area contributed by atoms with Gasteiger partial charge in [-0.15, -0.1) is 0 Å². The fourth-order valence-corrected chi connectivity index (χ4v) is 2.11. The molecule has 6 nitrogen and oxygen atoms in total. The van der Waals surface area contributed by atoms with Gasteiger partial charge in [0.25, 0.3) is 0 Å². The highest BCUT2D eigenvalue weighted by Gasteiger charge is 2.30. The van der Waals surface area contributed by atoms with Crippen LogP contribution in [0, 0.1) is 22.7 Å². The zero-order valence-electron chi connectivity index (χ0n) is 11.2. The second-order valence-electron chi connectivity index (χ2n) is 5.02. The Morgan fingerprint density at radius 1 is 1.11 bits per heavy atom. The Kier molecular flexibility index (Phi) is 3.64. The van der Waals surface area contributed by atoms with E-state index in [1.807, 2.05) is 19.9 Å². The van der Waals surface area contributed by atoms with Crippen LogP contribution in [0.3, 0.4) is 0 Å². The summed E-state index contributed by atoms with van der Waals surface area (Å²) in [6.45, 7) is 7.14. The topological polar surface area (TPSA) is 79.8 Å². The average Bonchev–Trinajstić information content (AvgIpc) is 2.47. The van der Waals surface area contributed by atoms with Gasteiger partial charge in [-0.1, -0.05) is 0 Å². The highest BCUT2D eigenvalue weighted by Crippen LogP contribution is 2.18. The number of rotatable bonds is 2. The van der Waals surface area contributed by atoms with Gasteiger partial charge in [-0.3, -0.25) is 4.90 Å². The van der Waals surface area contributed by atoms with Crippen molar-refractivity contribution in [2.75, 3.05) is 31.1 Å². The van der Waals surface area contributed by atoms with Crippen LogP contribution in [0.15, 0.2) is 12.4 Å². The Hall–Kier alpha value is -2.18. The van der Waals surface area contributed by atoms with Crippen molar-refractivity contribution >= 4 is 5.82 Å². The quantitative estimate of drug-likeness (QED) is 0.777. The molecule has 98 valence electrons. The predicted molar refractivity (Wildman–Crippen MR) is 70.2 cm³/mol. The van der Waals surface area contributed by atoms with Gasteiger partial charge in [0.05, 0.1) is 18.5 Å². The average molecular weight is 256 g/mol. The molecular formula is C13H16N6. The molecule has 1 aromatic rings. The number of aromatic nitrogens is 2. The molecule has 0 unspecified atom stereocenters. The van der Waals surface area contributed by atoms with Gasteiger partial charge >= 0.3 is 0 Å². The number of anilines is 1. The van der Waals surface area contributed by atoms with Crippen molar-refractivity contribution in [3.8, 4) is 12.1 Å². The molecule has 0 aliphatic carbocycles. The summed E-state index contributed by atoms with van der Waals surface area (Å²) >= 11 is 0. The molecule has 19 heavy (non-hydrogen) atoms. The molecule has 0 aromatic carbocycles. The summed E-state index contributed by atoms with van der Waals surface area (Å²) in [5.41, 5.74) is -0.101. The van der Waals surface area contributed by atoms with Gasteiger partial charge in [-0.05, 0) is 13.8 Å². The zero-order valence-corrected chi connectivity index (χ0v) is 11.2. The van der Waals surface area contributed by atoms with Gasteiger partial charge in [0.1, 0.15) is 17.4 Å². The van der Waals surface area contributed by atoms with Crippen molar-refractivity contribution < 1.29 is 0 Å². The lowest BCUT2D eigenvalue weighted by Gasteiger charge is -2.40. The molecule has 1 aliphatic rings. The summed E-state index contributed by atoms with van der Waals surface area (Å²) in [5, 5.41) is 17.8. The van der Waals surface area contributed by atoms with E-state index in [2.05, 4.69) is 25.8 Å². The first kappa shape index (κ1) is 13.3. The summed E-state index contributed by atoms with van der Waals surface area (Å²) in [6, 6.07) is 4.28. The molecule has 0 N–H and O–H groups in total. The van der Waals surface area contributed by atoms with Crippen molar-refractivity contribution in [1.82, 2.24) is 14.9 Å². The summed E-state index contributed by atoms with van der Waals surface area (Å²) < 4.78 is 0. The molecule has 1 fully saturated rings. The fourth-order valence-electron chi connectivity index (χ4n) is 2.11. The van der Waals surface area contributed by atoms with E-state index in [9.17, 15) is 0 Å². The van der Waals surface area contributed by atoms with Crippen LogP contribution in [0.25, 0.3) is 0 Å². The highest BCUT2D eigenvalue weighted by molar-refractivity contribution is 5.38. The van der Waals surface area contributed by atoms with Crippen LogP contribution < -0.4 is 4.90 Å². The molecule has 2 heterocycles. The summed E-state index contributed by atoms with van der Waals surface area (Å²) in [5.74, 6) is 0.786. The van der Waals surface area contributed by atoms with Gasteiger partial charge in [0.15, 0.2) is 5.69 Å². The minimum atomic E-state index is -0.428. The minimum Gasteiger partial charge on any atom is -0.353 e. The number of nitriles is 2. The van der Waals surface area contributed by atoms with Gasteiger partial charge in [-0.2, -0.15) is 10.5 Å². The van der Waals surface area contributed by atoms with E-state index in [1.165, 1.54) is 6.20 Å². The third kappa shape index (κ3) is 2.81. The maximum absolute atomic E-state index is 9.13. The Bertz CT molecular complexity index is 514. The van der Waals surface area contributed by atoms with Crippen molar-refractivity contribution in [3.63, 3.8) is 0 Å². The molecule has 0 atom stereocenters. The summed E-state index contributed by atoms with van der Waals surface area (Å²) in [7, 11) is 0. The van der Waals surface area contributed by atoms with Crippen LogP contribution in [0.2, 0.25) is 0 Å². The lowest BCUT2D eigenvalue weighted by atomic mass is 10.0. The Morgan fingerprint density at radius 3 is 2.26 bits per heavy atom. The Morgan fingerprint density at radius 2 is 1.79 bits per heavy atom. The van der Waals surface area contributed by atoms with E-state index in [0.29, 0.717) is 5.69 Å². The molecular weight excluding hydrogens is 240 g/mol. The van der Waals surface area contributed by atoms with Gasteiger partial charge in [-0.25, -0.2) is 9.97 Å². The SMILES string of the molecule is CC(C)(C#N)N1CCN(c2cnc(C#N)cn2)CC1. The molecule has 6 heteroatoms. The van der Waals surface area contributed by atoms with Crippen LogP contribution in [0.5, 0.6) is 0 Å². The van der Waals surface area contributed by atoms with E-state index in [1.54, 1.807) is 6.20 Å². The second kappa shape index (κ2) is 5.21. The van der Waals surface area contributed by atoms with Gasteiger partial charge in [0, 0.05) is 26.2 Å². The maximum Gasteiger partial charge on any atom is 0.158 e. The van der Waals surface area contributed by atoms with Crippen LogP contribution in [-0.4, -0.2) is 46.6 Å². The Labute approximate surface area is 112 Å². The highest BCUT2D eigenvalue weighted by atomic mass is 15.3. The van der Waals surface area contributed by atoms with E-state index in [-0.39, 0.29) is 0 Å². The number of hydrogen-bond donors (Lipinski definition) is 0. The van der Waals surface area contributed by atoms with Crippen LogP contribution in [0.1, 0.15) is 19.5 Å². The van der Waals surface area contributed by atoms with Crippen molar-refractivity contribution in [1.29, 1.82) is 10.5 Å². The van der Waals surface area contributed by atoms with E-state index < -0.39 is 5.54 Å². The molecule has 0 bridgehead atoms. The largest absolute Gasteiger partial charge is 0.353 e. The molecule has 0 radical (unpaired) electrons. The number of nitrogens with zero attached hydrogens (tertiary/aromatic N) is 6. The second-order valence-corrected chi connectivity index (χ2v) is 5.02. The van der Waals surface area contributed by atoms with E-state index in [0.717, 1.165) is 32.0 Å². The monoisotopic (exact) mass is 256 g/mol. The summed E-state index contributed by atoms with van der Waals surface area (Å²) in [6.07, 6.45) is 3.12. The minimum absolute atomic E-state index is 0.327. The molecule has 2 rings (SSSR count). The van der Waals surface area contributed by atoms with E-state index >= 15 is 0 Å². The predicted octanol–water partition coefficient (Wildman–Crippen LogP) is 0.772. The maximum atomic E-state index is 9.13. The number of hydrogen-bond acceptors (Lipinski definition) is 6. The Balaban J connectivity index is 2.00. The first-order chi connectivity index (χ1) is 9.06. The lowest BCUT2D eigenvalue weighted by Crippen LogP contribution is -2.54. The fraction of sp³-hybridized carbons (Fsp3) is 0.538. The van der Waals surface area contributed by atoms with Gasteiger partial charge in [0.2, 0.25) is 0 Å². The first-order valence-electron chi connectivity index (χ1n) is 6.20.